The number of carbonyl (C=O) groups is 2. The predicted octanol–water partition coefficient (Wildman–Crippen LogP) is -0.744. The standard InChI is InChI=1S/C12H23FN2O5/c1-10(16)15-7-11(13)8-20-6-5-19-4-3-14-12(17)9-18-2/h11H,3-9H2,1-2H3,(H,14,17)(H,15,16). The van der Waals surface area contributed by atoms with Crippen molar-refractivity contribution in [1.29, 1.82) is 0 Å². The molecule has 7 nitrogen and oxygen atoms in total. The summed E-state index contributed by atoms with van der Waals surface area (Å²) in [6.45, 7) is 2.51. The van der Waals surface area contributed by atoms with Crippen molar-refractivity contribution in [2.75, 3.05) is 53.2 Å². The van der Waals surface area contributed by atoms with Crippen molar-refractivity contribution in [1.82, 2.24) is 10.6 Å². The summed E-state index contributed by atoms with van der Waals surface area (Å²) in [5, 5.41) is 4.95. The van der Waals surface area contributed by atoms with Crippen LogP contribution < -0.4 is 10.6 Å². The Morgan fingerprint density at radius 2 is 1.85 bits per heavy atom. The van der Waals surface area contributed by atoms with Gasteiger partial charge in [-0.2, -0.15) is 0 Å². The highest BCUT2D eigenvalue weighted by Crippen LogP contribution is 1.90. The monoisotopic (exact) mass is 294 g/mol. The first-order valence-electron chi connectivity index (χ1n) is 6.36. The van der Waals surface area contributed by atoms with Crippen molar-refractivity contribution < 1.29 is 28.2 Å². The summed E-state index contributed by atoms with van der Waals surface area (Å²) in [4.78, 5) is 21.5. The third-order valence-corrected chi connectivity index (χ3v) is 2.09. The normalized spacial score (nSPS) is 11.9. The molecule has 0 bridgehead atoms. The molecule has 8 heteroatoms. The second-order valence-corrected chi connectivity index (χ2v) is 4.00. The van der Waals surface area contributed by atoms with Crippen molar-refractivity contribution in [3.05, 3.63) is 0 Å². The van der Waals surface area contributed by atoms with Gasteiger partial charge in [0, 0.05) is 20.6 Å². The van der Waals surface area contributed by atoms with Crippen LogP contribution in [-0.2, 0) is 23.8 Å². The molecule has 1 unspecified atom stereocenters. The predicted molar refractivity (Wildman–Crippen MR) is 70.1 cm³/mol. The summed E-state index contributed by atoms with van der Waals surface area (Å²) in [6.07, 6.45) is -1.23. The number of nitrogens with one attached hydrogen (secondary N) is 2. The van der Waals surface area contributed by atoms with Crippen LogP contribution in [-0.4, -0.2) is 71.2 Å². The van der Waals surface area contributed by atoms with Crippen LogP contribution >= 0.6 is 0 Å². The van der Waals surface area contributed by atoms with Gasteiger partial charge in [0.1, 0.15) is 12.8 Å². The highest BCUT2D eigenvalue weighted by Gasteiger charge is 2.06. The van der Waals surface area contributed by atoms with E-state index in [-0.39, 0.29) is 38.2 Å². The van der Waals surface area contributed by atoms with Crippen LogP contribution in [0.4, 0.5) is 4.39 Å². The van der Waals surface area contributed by atoms with Crippen LogP contribution in [0, 0.1) is 0 Å². The molecule has 0 radical (unpaired) electrons. The third kappa shape index (κ3) is 13.2. The van der Waals surface area contributed by atoms with Gasteiger partial charge in [-0.3, -0.25) is 9.59 Å². The summed E-state index contributed by atoms with van der Waals surface area (Å²) < 4.78 is 28.0. The molecule has 0 aliphatic heterocycles. The van der Waals surface area contributed by atoms with E-state index in [1.165, 1.54) is 14.0 Å². The first-order valence-corrected chi connectivity index (χ1v) is 6.36. The Balaban J connectivity index is 3.24. The summed E-state index contributed by atoms with van der Waals surface area (Å²) in [5.74, 6) is -0.475. The number of amides is 2. The third-order valence-electron chi connectivity index (χ3n) is 2.09. The molecule has 0 saturated carbocycles. The van der Waals surface area contributed by atoms with E-state index in [1.807, 2.05) is 0 Å². The molecule has 0 aliphatic rings. The lowest BCUT2D eigenvalue weighted by atomic mass is 10.4. The molecule has 0 fully saturated rings. The van der Waals surface area contributed by atoms with Crippen molar-refractivity contribution in [2.45, 2.75) is 13.1 Å². The molecule has 0 aromatic carbocycles. The van der Waals surface area contributed by atoms with Crippen LogP contribution in [0.3, 0.4) is 0 Å². The number of hydrogen-bond acceptors (Lipinski definition) is 5. The number of rotatable bonds is 12. The second kappa shape index (κ2) is 12.8. The Morgan fingerprint density at radius 1 is 1.15 bits per heavy atom. The lowest BCUT2D eigenvalue weighted by Gasteiger charge is -2.10. The maximum atomic E-state index is 13.1. The SMILES string of the molecule is COCC(=O)NCCOCCOCC(F)CNC(C)=O. The minimum atomic E-state index is -1.23. The van der Waals surface area contributed by atoms with E-state index in [1.54, 1.807) is 0 Å². The van der Waals surface area contributed by atoms with E-state index < -0.39 is 6.17 Å². The van der Waals surface area contributed by atoms with E-state index in [9.17, 15) is 14.0 Å². The van der Waals surface area contributed by atoms with Crippen molar-refractivity contribution in [3.63, 3.8) is 0 Å². The molecule has 0 aromatic rings. The topological polar surface area (TPSA) is 85.9 Å². The Hall–Kier alpha value is -1.25. The van der Waals surface area contributed by atoms with Crippen LogP contribution in [0.5, 0.6) is 0 Å². The summed E-state index contributed by atoms with van der Waals surface area (Å²) >= 11 is 0. The maximum absolute atomic E-state index is 13.1. The van der Waals surface area contributed by atoms with Crippen LogP contribution in [0.1, 0.15) is 6.92 Å². The van der Waals surface area contributed by atoms with E-state index >= 15 is 0 Å². The average molecular weight is 294 g/mol. The Morgan fingerprint density at radius 3 is 2.50 bits per heavy atom. The molecule has 118 valence electrons. The Bertz CT molecular complexity index is 279. The molecule has 0 rings (SSSR count). The van der Waals surface area contributed by atoms with E-state index in [0.29, 0.717) is 19.8 Å². The number of carbonyl (C=O) groups excluding carboxylic acids is 2. The first kappa shape index (κ1) is 18.8. The van der Waals surface area contributed by atoms with E-state index in [4.69, 9.17) is 9.47 Å². The average Bonchev–Trinajstić information content (AvgIpc) is 2.39. The smallest absolute Gasteiger partial charge is 0.246 e. The molecule has 0 saturated heterocycles. The highest BCUT2D eigenvalue weighted by atomic mass is 19.1. The second-order valence-electron chi connectivity index (χ2n) is 4.00. The molecular formula is C12H23FN2O5. The molecule has 0 aromatic heterocycles. The van der Waals surface area contributed by atoms with Gasteiger partial charge in [-0.1, -0.05) is 0 Å². The fourth-order valence-electron chi connectivity index (χ4n) is 1.19. The fraction of sp³-hybridized carbons (Fsp3) is 0.833. The molecule has 2 amide bonds. The van der Waals surface area contributed by atoms with Gasteiger partial charge in [0.05, 0.1) is 33.0 Å². The van der Waals surface area contributed by atoms with Gasteiger partial charge in [0.15, 0.2) is 0 Å². The van der Waals surface area contributed by atoms with Gasteiger partial charge in [0.25, 0.3) is 0 Å². The van der Waals surface area contributed by atoms with E-state index in [0.717, 1.165) is 0 Å². The quantitative estimate of drug-likeness (QED) is 0.463. The summed E-state index contributed by atoms with van der Waals surface area (Å²) in [7, 11) is 1.44. The number of methoxy groups -OCH3 is 1. The van der Waals surface area contributed by atoms with Crippen LogP contribution in [0.2, 0.25) is 0 Å². The Kier molecular flexibility index (Phi) is 12.0. The molecule has 1 atom stereocenters. The maximum Gasteiger partial charge on any atom is 0.246 e. The number of halogens is 1. The molecule has 20 heavy (non-hydrogen) atoms. The largest absolute Gasteiger partial charge is 0.377 e. The van der Waals surface area contributed by atoms with Crippen molar-refractivity contribution in [3.8, 4) is 0 Å². The first-order chi connectivity index (χ1) is 9.56. The minimum absolute atomic E-state index is 0.0231. The minimum Gasteiger partial charge on any atom is -0.377 e. The molecule has 0 aliphatic carbocycles. The van der Waals surface area contributed by atoms with E-state index in [2.05, 4.69) is 15.4 Å². The molecular weight excluding hydrogens is 271 g/mol. The zero-order valence-corrected chi connectivity index (χ0v) is 11.9. The van der Waals surface area contributed by atoms with Crippen LogP contribution in [0.15, 0.2) is 0 Å². The van der Waals surface area contributed by atoms with Gasteiger partial charge in [0.2, 0.25) is 11.8 Å². The molecule has 0 heterocycles. The zero-order chi connectivity index (χ0) is 15.2. The molecule has 2 N–H and O–H groups in total. The lowest BCUT2D eigenvalue weighted by molar-refractivity contribution is -0.125. The van der Waals surface area contributed by atoms with Crippen molar-refractivity contribution in [2.24, 2.45) is 0 Å². The number of hydrogen-bond donors (Lipinski definition) is 2. The van der Waals surface area contributed by atoms with Crippen molar-refractivity contribution >= 4 is 11.8 Å². The van der Waals surface area contributed by atoms with Gasteiger partial charge in [-0.15, -0.1) is 0 Å². The number of ether oxygens (including phenoxy) is 3. The zero-order valence-electron chi connectivity index (χ0n) is 11.9. The van der Waals surface area contributed by atoms with Gasteiger partial charge < -0.3 is 24.8 Å². The Labute approximate surface area is 118 Å². The van der Waals surface area contributed by atoms with Gasteiger partial charge >= 0.3 is 0 Å². The fourth-order valence-corrected chi connectivity index (χ4v) is 1.19. The lowest BCUT2D eigenvalue weighted by Crippen LogP contribution is -2.31. The van der Waals surface area contributed by atoms with Gasteiger partial charge in [-0.05, 0) is 0 Å². The summed E-state index contributed by atoms with van der Waals surface area (Å²) in [5.41, 5.74) is 0. The highest BCUT2D eigenvalue weighted by molar-refractivity contribution is 5.77. The molecule has 0 spiro atoms. The number of alkyl halides is 1. The summed E-state index contributed by atoms with van der Waals surface area (Å²) in [6, 6.07) is 0. The van der Waals surface area contributed by atoms with Crippen LogP contribution in [0.25, 0.3) is 0 Å². The van der Waals surface area contributed by atoms with Gasteiger partial charge in [-0.25, -0.2) is 4.39 Å².